The Morgan fingerprint density at radius 2 is 1.90 bits per heavy atom. The molecule has 0 radical (unpaired) electrons. The molecule has 0 unspecified atom stereocenters. The van der Waals surface area contributed by atoms with Gasteiger partial charge in [0.2, 0.25) is 5.91 Å². The fourth-order valence-electron chi connectivity index (χ4n) is 3.20. The van der Waals surface area contributed by atoms with Crippen LogP contribution >= 0.6 is 0 Å². The number of rotatable bonds is 9. The molecule has 1 amide bonds. The van der Waals surface area contributed by atoms with Crippen LogP contribution in [0.1, 0.15) is 34.9 Å². The van der Waals surface area contributed by atoms with Gasteiger partial charge in [0.05, 0.1) is 13.3 Å². The first-order valence-corrected chi connectivity index (χ1v) is 10.3. The Bertz CT molecular complexity index is 1050. The lowest BCUT2D eigenvalue weighted by molar-refractivity contribution is -0.116. The lowest BCUT2D eigenvalue weighted by Gasteiger charge is -2.11. The summed E-state index contributed by atoms with van der Waals surface area (Å²) < 4.78 is 13.3. The van der Waals surface area contributed by atoms with E-state index in [2.05, 4.69) is 10.4 Å². The van der Waals surface area contributed by atoms with Crippen LogP contribution in [0.2, 0.25) is 0 Å². The zero-order valence-electron chi connectivity index (χ0n) is 18.5. The molecule has 0 spiro atoms. The van der Waals surface area contributed by atoms with Crippen LogP contribution in [0.5, 0.6) is 11.5 Å². The number of aryl methyl sites for hydroxylation is 2. The third kappa shape index (κ3) is 5.98. The van der Waals surface area contributed by atoms with Crippen molar-refractivity contribution in [2.75, 3.05) is 7.11 Å². The van der Waals surface area contributed by atoms with Crippen LogP contribution in [-0.2, 0) is 24.5 Å². The van der Waals surface area contributed by atoms with E-state index in [0.717, 1.165) is 40.4 Å². The molecule has 31 heavy (non-hydrogen) atoms. The highest BCUT2D eigenvalue weighted by Crippen LogP contribution is 2.23. The van der Waals surface area contributed by atoms with Crippen LogP contribution in [0, 0.1) is 13.8 Å². The van der Waals surface area contributed by atoms with E-state index >= 15 is 0 Å². The summed E-state index contributed by atoms with van der Waals surface area (Å²) in [5.74, 6) is 1.39. The molecule has 0 aliphatic heterocycles. The van der Waals surface area contributed by atoms with Gasteiger partial charge in [0.25, 0.3) is 0 Å². The van der Waals surface area contributed by atoms with E-state index in [0.29, 0.717) is 13.2 Å². The van der Waals surface area contributed by atoms with E-state index in [4.69, 9.17) is 9.47 Å². The molecule has 6 nitrogen and oxygen atoms in total. The number of hydrogen-bond donors (Lipinski definition) is 1. The zero-order valence-corrected chi connectivity index (χ0v) is 18.5. The predicted octanol–water partition coefficient (Wildman–Crippen LogP) is 4.44. The molecule has 3 rings (SSSR count). The van der Waals surface area contributed by atoms with Gasteiger partial charge in [-0.2, -0.15) is 5.10 Å². The molecule has 1 aromatic heterocycles. The molecule has 2 aromatic carbocycles. The van der Waals surface area contributed by atoms with Crippen molar-refractivity contribution < 1.29 is 14.3 Å². The summed E-state index contributed by atoms with van der Waals surface area (Å²) in [5, 5.41) is 7.21. The van der Waals surface area contributed by atoms with Gasteiger partial charge in [0.15, 0.2) is 0 Å². The first-order chi connectivity index (χ1) is 15.0. The highest BCUT2D eigenvalue weighted by molar-refractivity contribution is 5.91. The maximum atomic E-state index is 12.2. The van der Waals surface area contributed by atoms with Gasteiger partial charge in [-0.25, -0.2) is 0 Å². The van der Waals surface area contributed by atoms with Crippen LogP contribution in [0.4, 0.5) is 0 Å². The SMILES string of the molecule is CCn1ncc(CNC(=O)/C=C/c2ccc(OC)c(COc3ccc(C)cc3)c2)c1C. The van der Waals surface area contributed by atoms with Crippen molar-refractivity contribution >= 4 is 12.0 Å². The lowest BCUT2D eigenvalue weighted by atomic mass is 10.1. The first kappa shape index (κ1) is 22.2. The van der Waals surface area contributed by atoms with Gasteiger partial charge in [-0.05, 0) is 56.7 Å². The second kappa shape index (κ2) is 10.5. The largest absolute Gasteiger partial charge is 0.496 e. The van der Waals surface area contributed by atoms with Crippen LogP contribution in [-0.4, -0.2) is 22.8 Å². The van der Waals surface area contributed by atoms with E-state index in [1.54, 1.807) is 19.4 Å². The summed E-state index contributed by atoms with van der Waals surface area (Å²) in [6.45, 7) is 7.73. The molecular weight excluding hydrogens is 390 g/mol. The molecule has 1 heterocycles. The Balaban J connectivity index is 1.61. The number of carbonyl (C=O) groups is 1. The number of nitrogens with one attached hydrogen (secondary N) is 1. The quantitative estimate of drug-likeness (QED) is 0.521. The van der Waals surface area contributed by atoms with Crippen molar-refractivity contribution in [3.05, 3.63) is 82.7 Å². The molecule has 1 N–H and O–H groups in total. The summed E-state index contributed by atoms with van der Waals surface area (Å²) in [6, 6.07) is 13.7. The summed E-state index contributed by atoms with van der Waals surface area (Å²) in [5.41, 5.74) is 5.08. The van der Waals surface area contributed by atoms with Crippen molar-refractivity contribution in [2.24, 2.45) is 0 Å². The van der Waals surface area contributed by atoms with Gasteiger partial charge in [-0.15, -0.1) is 0 Å². The molecule has 6 heteroatoms. The molecule has 0 bridgehead atoms. The van der Waals surface area contributed by atoms with E-state index in [1.165, 1.54) is 11.6 Å². The minimum absolute atomic E-state index is 0.156. The number of aromatic nitrogens is 2. The second-order valence-corrected chi connectivity index (χ2v) is 7.30. The topological polar surface area (TPSA) is 65.4 Å². The van der Waals surface area contributed by atoms with E-state index in [-0.39, 0.29) is 5.91 Å². The smallest absolute Gasteiger partial charge is 0.244 e. The molecule has 0 fully saturated rings. The second-order valence-electron chi connectivity index (χ2n) is 7.30. The minimum atomic E-state index is -0.156. The van der Waals surface area contributed by atoms with E-state index in [1.807, 2.05) is 67.9 Å². The summed E-state index contributed by atoms with van der Waals surface area (Å²) in [7, 11) is 1.64. The van der Waals surface area contributed by atoms with Crippen LogP contribution in [0.3, 0.4) is 0 Å². The fraction of sp³-hybridized carbons (Fsp3) is 0.280. The molecule has 0 saturated heterocycles. The van der Waals surface area contributed by atoms with Crippen molar-refractivity contribution in [1.82, 2.24) is 15.1 Å². The third-order valence-electron chi connectivity index (χ3n) is 5.10. The Kier molecular flexibility index (Phi) is 7.49. The monoisotopic (exact) mass is 419 g/mol. The normalized spacial score (nSPS) is 11.0. The first-order valence-electron chi connectivity index (χ1n) is 10.3. The van der Waals surface area contributed by atoms with Crippen molar-refractivity contribution in [1.29, 1.82) is 0 Å². The van der Waals surface area contributed by atoms with Crippen molar-refractivity contribution in [3.63, 3.8) is 0 Å². The van der Waals surface area contributed by atoms with Gasteiger partial charge < -0.3 is 14.8 Å². The molecule has 3 aromatic rings. The number of benzene rings is 2. The van der Waals surface area contributed by atoms with Gasteiger partial charge in [0, 0.05) is 36.0 Å². The number of methoxy groups -OCH3 is 1. The lowest BCUT2D eigenvalue weighted by Crippen LogP contribution is -2.20. The van der Waals surface area contributed by atoms with Crippen LogP contribution in [0.15, 0.2) is 54.7 Å². The number of hydrogen-bond acceptors (Lipinski definition) is 4. The summed E-state index contributed by atoms with van der Waals surface area (Å²) >= 11 is 0. The zero-order chi connectivity index (χ0) is 22.2. The van der Waals surface area contributed by atoms with Gasteiger partial charge >= 0.3 is 0 Å². The van der Waals surface area contributed by atoms with Crippen LogP contribution < -0.4 is 14.8 Å². The fourth-order valence-corrected chi connectivity index (χ4v) is 3.20. The van der Waals surface area contributed by atoms with Crippen molar-refractivity contribution in [2.45, 2.75) is 40.5 Å². The Hall–Kier alpha value is -3.54. The molecule has 0 aliphatic carbocycles. The highest BCUT2D eigenvalue weighted by atomic mass is 16.5. The highest BCUT2D eigenvalue weighted by Gasteiger charge is 2.07. The molecule has 0 atom stereocenters. The molecule has 0 aliphatic rings. The van der Waals surface area contributed by atoms with Crippen LogP contribution in [0.25, 0.3) is 6.08 Å². The Morgan fingerprint density at radius 3 is 2.58 bits per heavy atom. The predicted molar refractivity (Wildman–Crippen MR) is 122 cm³/mol. The standard InChI is InChI=1S/C25H29N3O3/c1-5-28-19(3)22(16-27-28)15-26-25(29)13-9-20-8-12-24(30-4)21(14-20)17-31-23-10-6-18(2)7-11-23/h6-14,16H,5,15,17H2,1-4H3,(H,26,29)/b13-9+. The van der Waals surface area contributed by atoms with Crippen molar-refractivity contribution in [3.8, 4) is 11.5 Å². The van der Waals surface area contributed by atoms with Gasteiger partial charge in [-0.3, -0.25) is 9.48 Å². The Labute approximate surface area is 183 Å². The average molecular weight is 420 g/mol. The number of ether oxygens (including phenoxy) is 2. The van der Waals surface area contributed by atoms with Gasteiger partial charge in [-0.1, -0.05) is 23.8 Å². The maximum absolute atomic E-state index is 12.2. The van der Waals surface area contributed by atoms with E-state index in [9.17, 15) is 4.79 Å². The maximum Gasteiger partial charge on any atom is 0.244 e. The minimum Gasteiger partial charge on any atom is -0.496 e. The van der Waals surface area contributed by atoms with E-state index < -0.39 is 0 Å². The van der Waals surface area contributed by atoms with Gasteiger partial charge in [0.1, 0.15) is 18.1 Å². The third-order valence-corrected chi connectivity index (χ3v) is 5.10. The molecular formula is C25H29N3O3. The average Bonchev–Trinajstić information content (AvgIpc) is 3.15. The number of amides is 1. The molecule has 0 saturated carbocycles. The summed E-state index contributed by atoms with van der Waals surface area (Å²) in [4.78, 5) is 12.2. The summed E-state index contributed by atoms with van der Waals surface area (Å²) in [6.07, 6.45) is 5.12. The number of carbonyl (C=O) groups excluding carboxylic acids is 1. The molecule has 162 valence electrons. The Morgan fingerprint density at radius 1 is 1.13 bits per heavy atom. The number of nitrogens with zero attached hydrogens (tertiary/aromatic N) is 2.